The first-order valence-electron chi connectivity index (χ1n) is 8.36. The van der Waals surface area contributed by atoms with Gasteiger partial charge >= 0.3 is 6.03 Å². The Hall–Kier alpha value is -2.24. The van der Waals surface area contributed by atoms with E-state index in [0.29, 0.717) is 27.6 Å². The molecule has 1 heterocycles. The Balaban J connectivity index is 2.16. The lowest BCUT2D eigenvalue weighted by molar-refractivity contribution is 0.177. The second-order valence-electron chi connectivity index (χ2n) is 6.47. The van der Waals surface area contributed by atoms with Gasteiger partial charge in [0.1, 0.15) is 5.82 Å². The molecular weight excluding hydrogens is 448 g/mol. The summed E-state index contributed by atoms with van der Waals surface area (Å²) in [5.41, 5.74) is 1.13. The van der Waals surface area contributed by atoms with Crippen molar-refractivity contribution in [1.82, 2.24) is 9.97 Å². The summed E-state index contributed by atoms with van der Waals surface area (Å²) >= 11 is 3.38. The largest absolute Gasteiger partial charge is 0.391 e. The molecule has 0 unspecified atom stereocenters. The molecule has 0 aliphatic rings. The molecule has 1 aromatic heterocycles. The van der Waals surface area contributed by atoms with E-state index in [1.807, 2.05) is 6.92 Å². The lowest BCUT2D eigenvalue weighted by atomic mass is 10.2. The van der Waals surface area contributed by atoms with Crippen LogP contribution in [0.2, 0.25) is 0 Å². The Kier molecular flexibility index (Phi) is 7.33. The summed E-state index contributed by atoms with van der Waals surface area (Å²) in [6.45, 7) is 3.53. The molecule has 2 aromatic rings. The Morgan fingerprint density at radius 2 is 1.96 bits per heavy atom. The van der Waals surface area contributed by atoms with E-state index in [0.717, 1.165) is 0 Å². The van der Waals surface area contributed by atoms with Crippen molar-refractivity contribution >= 4 is 54.8 Å². The van der Waals surface area contributed by atoms with Crippen LogP contribution in [-0.4, -0.2) is 50.0 Å². The van der Waals surface area contributed by atoms with Gasteiger partial charge in [-0.3, -0.25) is 0 Å². The summed E-state index contributed by atoms with van der Waals surface area (Å²) in [6.07, 6.45) is 3.82. The maximum atomic E-state index is 11.8. The maximum Gasteiger partial charge on any atom is 0.353 e. The molecule has 2 rings (SSSR count). The third-order valence-corrected chi connectivity index (χ3v) is 4.69. The summed E-state index contributed by atoms with van der Waals surface area (Å²) in [4.78, 5) is 20.4. The van der Waals surface area contributed by atoms with Crippen LogP contribution in [0.15, 0.2) is 39.3 Å². The van der Waals surface area contributed by atoms with Crippen molar-refractivity contribution in [2.24, 2.45) is 4.36 Å². The van der Waals surface area contributed by atoms with Crippen LogP contribution in [0.4, 0.5) is 27.9 Å². The van der Waals surface area contributed by atoms with E-state index in [2.05, 4.69) is 46.2 Å². The molecule has 152 valence electrons. The van der Waals surface area contributed by atoms with Crippen molar-refractivity contribution in [1.29, 1.82) is 0 Å². The Morgan fingerprint density at radius 3 is 2.61 bits per heavy atom. The average molecular weight is 471 g/mol. The molecule has 0 fully saturated rings. The molecule has 4 N–H and O–H groups in total. The van der Waals surface area contributed by atoms with Crippen molar-refractivity contribution < 1.29 is 14.1 Å². The zero-order chi connectivity index (χ0) is 20.9. The zero-order valence-corrected chi connectivity index (χ0v) is 18.3. The average Bonchev–Trinajstić information content (AvgIpc) is 2.56. The SMILES string of the molecule is C[C@@H](O)[C@@H](C)Nc1nc(Nc2cccc(NC(=O)N=S(C)(C)=O)c2)ncc1Br. The van der Waals surface area contributed by atoms with Crippen LogP contribution in [0.3, 0.4) is 0 Å². The third kappa shape index (κ3) is 7.06. The molecule has 0 saturated heterocycles. The highest BCUT2D eigenvalue weighted by Crippen LogP contribution is 2.24. The Labute approximate surface area is 172 Å². The summed E-state index contributed by atoms with van der Waals surface area (Å²) in [7, 11) is -2.53. The van der Waals surface area contributed by atoms with Crippen LogP contribution in [0.5, 0.6) is 0 Å². The predicted octanol–water partition coefficient (Wildman–Crippen LogP) is 3.42. The first-order valence-corrected chi connectivity index (χ1v) is 11.5. The van der Waals surface area contributed by atoms with Gasteiger partial charge in [0.15, 0.2) is 0 Å². The second-order valence-corrected chi connectivity index (χ2v) is 9.87. The van der Waals surface area contributed by atoms with Gasteiger partial charge in [-0.1, -0.05) is 6.07 Å². The van der Waals surface area contributed by atoms with Gasteiger partial charge in [0, 0.05) is 30.1 Å². The van der Waals surface area contributed by atoms with Gasteiger partial charge in [0.25, 0.3) is 0 Å². The minimum atomic E-state index is -2.53. The number of aromatic nitrogens is 2. The molecule has 1 aromatic carbocycles. The topological polar surface area (TPSA) is 129 Å². The number of carbonyl (C=O) groups is 1. The van der Waals surface area contributed by atoms with Gasteiger partial charge in [-0.05, 0) is 48.0 Å². The number of urea groups is 1. The minimum absolute atomic E-state index is 0.200. The number of aliphatic hydroxyl groups excluding tert-OH is 1. The van der Waals surface area contributed by atoms with Crippen LogP contribution in [0.25, 0.3) is 0 Å². The first-order chi connectivity index (χ1) is 13.0. The summed E-state index contributed by atoms with van der Waals surface area (Å²) in [5, 5.41) is 18.4. The molecule has 0 aliphatic carbocycles. The molecule has 2 amide bonds. The molecular formula is C17H23BrN6O3S. The fourth-order valence-corrected chi connectivity index (χ4v) is 2.77. The second kappa shape index (κ2) is 9.30. The quantitative estimate of drug-likeness (QED) is 0.508. The van der Waals surface area contributed by atoms with Crippen molar-refractivity contribution in [2.45, 2.75) is 26.0 Å². The van der Waals surface area contributed by atoms with Gasteiger partial charge in [-0.2, -0.15) is 4.98 Å². The van der Waals surface area contributed by atoms with Gasteiger partial charge in [-0.25, -0.2) is 14.0 Å². The lowest BCUT2D eigenvalue weighted by Gasteiger charge is -2.18. The fourth-order valence-electron chi connectivity index (χ4n) is 2.01. The van der Waals surface area contributed by atoms with E-state index in [4.69, 9.17) is 0 Å². The molecule has 28 heavy (non-hydrogen) atoms. The number of halogens is 1. The van der Waals surface area contributed by atoms with Crippen LogP contribution < -0.4 is 16.0 Å². The molecule has 0 saturated carbocycles. The highest BCUT2D eigenvalue weighted by molar-refractivity contribution is 9.10. The van der Waals surface area contributed by atoms with Crippen molar-refractivity contribution in [2.75, 3.05) is 28.5 Å². The first kappa shape index (κ1) is 22.1. The van der Waals surface area contributed by atoms with Gasteiger partial charge in [0.05, 0.1) is 26.3 Å². The smallest absolute Gasteiger partial charge is 0.353 e. The standard InChI is InChI=1S/C17H23BrN6O3S/c1-10(11(2)25)20-15-14(18)9-19-16(23-15)21-12-6-5-7-13(8-12)22-17(26)24-28(3,4)27/h5-11,25H,1-4H3,(H,22,26)(H2,19,20,21,23)/t10-,11-/m1/s1. The van der Waals surface area contributed by atoms with E-state index < -0.39 is 21.9 Å². The monoisotopic (exact) mass is 470 g/mol. The summed E-state index contributed by atoms with van der Waals surface area (Å²) in [6, 6.07) is 6.01. The summed E-state index contributed by atoms with van der Waals surface area (Å²) < 4.78 is 15.8. The van der Waals surface area contributed by atoms with Gasteiger partial charge < -0.3 is 21.1 Å². The van der Waals surface area contributed by atoms with E-state index in [1.165, 1.54) is 12.5 Å². The minimum Gasteiger partial charge on any atom is -0.391 e. The van der Waals surface area contributed by atoms with Gasteiger partial charge in [0.2, 0.25) is 5.95 Å². The number of rotatable bonds is 6. The summed E-state index contributed by atoms with van der Waals surface area (Å²) in [5.74, 6) is 0.872. The van der Waals surface area contributed by atoms with E-state index in [-0.39, 0.29) is 6.04 Å². The number of hydrogen-bond acceptors (Lipinski definition) is 7. The number of nitrogens with zero attached hydrogens (tertiary/aromatic N) is 3. The third-order valence-electron chi connectivity index (χ3n) is 3.50. The molecule has 9 nitrogen and oxygen atoms in total. The fraction of sp³-hybridized carbons (Fsp3) is 0.353. The molecule has 0 aliphatic heterocycles. The molecule has 0 spiro atoms. The molecule has 0 radical (unpaired) electrons. The number of hydrogen-bond donors (Lipinski definition) is 4. The van der Waals surface area contributed by atoms with Crippen molar-refractivity contribution in [3.05, 3.63) is 34.9 Å². The number of benzene rings is 1. The normalized spacial score (nSPS) is 13.4. The van der Waals surface area contributed by atoms with Crippen LogP contribution in [0, 0.1) is 0 Å². The van der Waals surface area contributed by atoms with Crippen molar-refractivity contribution in [3.8, 4) is 0 Å². The number of amides is 2. The number of anilines is 4. The number of nitrogens with one attached hydrogen (secondary N) is 3. The highest BCUT2D eigenvalue weighted by Gasteiger charge is 2.13. The molecule has 2 atom stereocenters. The highest BCUT2D eigenvalue weighted by atomic mass is 79.9. The lowest BCUT2D eigenvalue weighted by Crippen LogP contribution is -2.28. The zero-order valence-electron chi connectivity index (χ0n) is 15.9. The number of carbonyl (C=O) groups excluding carboxylic acids is 1. The van der Waals surface area contributed by atoms with E-state index in [1.54, 1.807) is 37.4 Å². The maximum absolute atomic E-state index is 11.8. The van der Waals surface area contributed by atoms with Crippen LogP contribution in [0.1, 0.15) is 13.8 Å². The molecule has 0 bridgehead atoms. The Bertz CT molecular complexity index is 967. The van der Waals surface area contributed by atoms with Crippen LogP contribution in [-0.2, 0) is 9.73 Å². The molecule has 11 heteroatoms. The predicted molar refractivity (Wildman–Crippen MR) is 116 cm³/mol. The van der Waals surface area contributed by atoms with Crippen molar-refractivity contribution in [3.63, 3.8) is 0 Å². The van der Waals surface area contributed by atoms with E-state index >= 15 is 0 Å². The Morgan fingerprint density at radius 1 is 1.29 bits per heavy atom. The van der Waals surface area contributed by atoms with Gasteiger partial charge in [-0.15, -0.1) is 4.36 Å². The van der Waals surface area contributed by atoms with Crippen LogP contribution >= 0.6 is 15.9 Å². The number of aliphatic hydroxyl groups is 1. The van der Waals surface area contributed by atoms with E-state index in [9.17, 15) is 14.1 Å².